The second-order valence-electron chi connectivity index (χ2n) is 8.38. The Morgan fingerprint density at radius 1 is 1.36 bits per heavy atom. The van der Waals surface area contributed by atoms with Gasteiger partial charge in [0, 0.05) is 25.0 Å². The molecule has 0 aromatic heterocycles. The Balaban J connectivity index is 1.96. The molecule has 0 radical (unpaired) electrons. The molecule has 0 aliphatic carbocycles. The van der Waals surface area contributed by atoms with Crippen LogP contribution in [0.3, 0.4) is 0 Å². The highest BCUT2D eigenvalue weighted by molar-refractivity contribution is 8.14. The Morgan fingerprint density at radius 2 is 2.11 bits per heavy atom. The van der Waals surface area contributed by atoms with Crippen LogP contribution in [0.2, 0.25) is 0 Å². The van der Waals surface area contributed by atoms with Crippen molar-refractivity contribution in [2.45, 2.75) is 109 Å². The first kappa shape index (κ1) is 23.5. The molecule has 7 heteroatoms. The SMILES string of the molecule is CCCCC[C@@H]1C[C@@H](OC(=O)CC(C)CCCC)C[C@](O)([C@@H]2CSC(=O)N2)O1. The number of rotatable bonds is 11. The van der Waals surface area contributed by atoms with Gasteiger partial charge in [-0.1, -0.05) is 71.1 Å². The van der Waals surface area contributed by atoms with Gasteiger partial charge in [0.2, 0.25) is 0 Å². The molecule has 28 heavy (non-hydrogen) atoms. The molecule has 2 aliphatic rings. The van der Waals surface area contributed by atoms with E-state index in [-0.39, 0.29) is 29.8 Å². The van der Waals surface area contributed by atoms with E-state index in [0.717, 1.165) is 56.7 Å². The molecule has 2 aliphatic heterocycles. The van der Waals surface area contributed by atoms with E-state index in [0.29, 0.717) is 24.5 Å². The summed E-state index contributed by atoms with van der Waals surface area (Å²) in [5.41, 5.74) is 0. The average Bonchev–Trinajstić information content (AvgIpc) is 3.07. The molecule has 2 N–H and O–H groups in total. The molecule has 2 heterocycles. The van der Waals surface area contributed by atoms with Crippen LogP contribution in [0.1, 0.15) is 85.0 Å². The van der Waals surface area contributed by atoms with E-state index in [4.69, 9.17) is 9.47 Å². The van der Waals surface area contributed by atoms with E-state index in [1.807, 2.05) is 0 Å². The molecule has 2 fully saturated rings. The largest absolute Gasteiger partial charge is 0.462 e. The monoisotopic (exact) mass is 415 g/mol. The van der Waals surface area contributed by atoms with E-state index >= 15 is 0 Å². The standard InChI is InChI=1S/C21H37NO5S/c1-4-6-8-10-16-12-17(26-19(23)11-15(3)9-7-5-2)13-21(25,27-16)18-14-28-20(24)22-18/h15-18,25H,4-14H2,1-3H3,(H,22,24)/t15?,16-,17-,18+,21-/m1/s1. The highest BCUT2D eigenvalue weighted by Gasteiger charge is 2.49. The molecule has 1 amide bonds. The summed E-state index contributed by atoms with van der Waals surface area (Å²) in [5, 5.41) is 13.8. The number of hydrogen-bond acceptors (Lipinski definition) is 6. The first-order valence-electron chi connectivity index (χ1n) is 10.9. The minimum absolute atomic E-state index is 0.145. The van der Waals surface area contributed by atoms with E-state index < -0.39 is 11.8 Å². The van der Waals surface area contributed by atoms with Gasteiger partial charge < -0.3 is 19.9 Å². The number of aliphatic hydroxyl groups is 1. The van der Waals surface area contributed by atoms with Gasteiger partial charge in [-0.05, 0) is 12.3 Å². The van der Waals surface area contributed by atoms with Crippen LogP contribution >= 0.6 is 11.8 Å². The van der Waals surface area contributed by atoms with Crippen molar-refractivity contribution in [2.24, 2.45) is 5.92 Å². The lowest BCUT2D eigenvalue weighted by Crippen LogP contribution is -2.58. The maximum absolute atomic E-state index is 12.4. The molecule has 0 saturated carbocycles. The number of ether oxygens (including phenoxy) is 2. The molecule has 1 unspecified atom stereocenters. The molecular weight excluding hydrogens is 378 g/mol. The molecule has 6 nitrogen and oxygen atoms in total. The fraction of sp³-hybridized carbons (Fsp3) is 0.905. The van der Waals surface area contributed by atoms with Gasteiger partial charge >= 0.3 is 5.97 Å². The Morgan fingerprint density at radius 3 is 2.75 bits per heavy atom. The van der Waals surface area contributed by atoms with Crippen molar-refractivity contribution in [1.29, 1.82) is 0 Å². The Labute approximate surface area is 173 Å². The number of carbonyl (C=O) groups excluding carboxylic acids is 2. The topological polar surface area (TPSA) is 84.9 Å². The van der Waals surface area contributed by atoms with E-state index in [9.17, 15) is 14.7 Å². The highest BCUT2D eigenvalue weighted by atomic mass is 32.2. The zero-order valence-corrected chi connectivity index (χ0v) is 18.4. The molecule has 162 valence electrons. The predicted molar refractivity (Wildman–Crippen MR) is 111 cm³/mol. The van der Waals surface area contributed by atoms with Gasteiger partial charge in [0.1, 0.15) is 6.10 Å². The lowest BCUT2D eigenvalue weighted by atomic mass is 9.91. The fourth-order valence-electron chi connectivity index (χ4n) is 4.00. The number of carbonyl (C=O) groups is 2. The highest BCUT2D eigenvalue weighted by Crippen LogP contribution is 2.36. The Hall–Kier alpha value is -0.790. The lowest BCUT2D eigenvalue weighted by molar-refractivity contribution is -0.284. The van der Waals surface area contributed by atoms with Crippen molar-refractivity contribution in [1.82, 2.24) is 5.32 Å². The zero-order chi connectivity index (χ0) is 20.6. The van der Waals surface area contributed by atoms with Gasteiger partial charge in [0.25, 0.3) is 5.24 Å². The van der Waals surface area contributed by atoms with Gasteiger partial charge in [0.15, 0.2) is 5.79 Å². The molecule has 0 spiro atoms. The summed E-state index contributed by atoms with van der Waals surface area (Å²) < 4.78 is 11.8. The fourth-order valence-corrected chi connectivity index (χ4v) is 4.89. The van der Waals surface area contributed by atoms with Crippen LogP contribution in [-0.2, 0) is 14.3 Å². The van der Waals surface area contributed by atoms with Crippen LogP contribution in [0, 0.1) is 5.92 Å². The van der Waals surface area contributed by atoms with Crippen LogP contribution in [0.25, 0.3) is 0 Å². The summed E-state index contributed by atoms with van der Waals surface area (Å²) in [6, 6.07) is -0.469. The van der Waals surface area contributed by atoms with E-state index in [1.165, 1.54) is 0 Å². The minimum atomic E-state index is -1.48. The van der Waals surface area contributed by atoms with Crippen molar-refractivity contribution < 1.29 is 24.2 Å². The lowest BCUT2D eigenvalue weighted by Gasteiger charge is -2.43. The first-order valence-corrected chi connectivity index (χ1v) is 11.9. The third kappa shape index (κ3) is 7.23. The molecular formula is C21H37NO5S. The van der Waals surface area contributed by atoms with Gasteiger partial charge in [0.05, 0.1) is 12.1 Å². The van der Waals surface area contributed by atoms with Gasteiger partial charge in [-0.25, -0.2) is 0 Å². The number of esters is 1. The normalized spacial score (nSPS) is 31.4. The third-order valence-corrected chi connectivity index (χ3v) is 6.51. The summed E-state index contributed by atoms with van der Waals surface area (Å²) >= 11 is 1.15. The number of thioether (sulfide) groups is 1. The van der Waals surface area contributed by atoms with Crippen molar-refractivity contribution >= 4 is 23.0 Å². The smallest absolute Gasteiger partial charge is 0.306 e. The van der Waals surface area contributed by atoms with Crippen LogP contribution in [0.5, 0.6) is 0 Å². The number of unbranched alkanes of at least 4 members (excludes halogenated alkanes) is 3. The molecule has 0 aromatic rings. The van der Waals surface area contributed by atoms with E-state index in [2.05, 4.69) is 26.1 Å². The predicted octanol–water partition coefficient (Wildman–Crippen LogP) is 4.39. The second kappa shape index (κ2) is 11.4. The number of amides is 1. The van der Waals surface area contributed by atoms with Crippen molar-refractivity contribution in [2.75, 3.05) is 5.75 Å². The maximum Gasteiger partial charge on any atom is 0.306 e. The van der Waals surface area contributed by atoms with Gasteiger partial charge in [-0.15, -0.1) is 0 Å². The molecule has 2 saturated heterocycles. The molecule has 0 bridgehead atoms. The molecule has 0 aromatic carbocycles. The number of hydrogen-bond donors (Lipinski definition) is 2. The average molecular weight is 416 g/mol. The van der Waals surface area contributed by atoms with Crippen molar-refractivity contribution in [3.8, 4) is 0 Å². The summed E-state index contributed by atoms with van der Waals surface area (Å²) in [5.74, 6) is -0.911. The summed E-state index contributed by atoms with van der Waals surface area (Å²) in [4.78, 5) is 24.0. The third-order valence-electron chi connectivity index (χ3n) is 5.63. The minimum Gasteiger partial charge on any atom is -0.462 e. The van der Waals surface area contributed by atoms with Crippen LogP contribution in [-0.4, -0.2) is 46.1 Å². The summed E-state index contributed by atoms with van der Waals surface area (Å²) in [6.45, 7) is 6.37. The molecule has 5 atom stereocenters. The zero-order valence-electron chi connectivity index (χ0n) is 17.6. The Bertz CT molecular complexity index is 517. The van der Waals surface area contributed by atoms with Crippen LogP contribution in [0.15, 0.2) is 0 Å². The van der Waals surface area contributed by atoms with Gasteiger partial charge in [-0.2, -0.15) is 0 Å². The van der Waals surface area contributed by atoms with Gasteiger partial charge in [-0.3, -0.25) is 9.59 Å². The number of nitrogens with one attached hydrogen (secondary N) is 1. The first-order chi connectivity index (χ1) is 13.4. The second-order valence-corrected chi connectivity index (χ2v) is 9.37. The van der Waals surface area contributed by atoms with Crippen LogP contribution < -0.4 is 5.32 Å². The molecule has 2 rings (SSSR count). The summed E-state index contributed by atoms with van der Waals surface area (Å²) in [7, 11) is 0. The maximum atomic E-state index is 12.4. The van der Waals surface area contributed by atoms with Crippen LogP contribution in [0.4, 0.5) is 4.79 Å². The van der Waals surface area contributed by atoms with Crippen molar-refractivity contribution in [3.05, 3.63) is 0 Å². The Kier molecular flexibility index (Phi) is 9.57. The van der Waals surface area contributed by atoms with Crippen molar-refractivity contribution in [3.63, 3.8) is 0 Å². The summed E-state index contributed by atoms with van der Waals surface area (Å²) in [6.07, 6.45) is 7.99. The quantitative estimate of drug-likeness (QED) is 0.385. The van der Waals surface area contributed by atoms with E-state index in [1.54, 1.807) is 0 Å².